The van der Waals surface area contributed by atoms with Gasteiger partial charge < -0.3 is 19.9 Å². The molecule has 4 nitrogen and oxygen atoms in total. The minimum absolute atomic E-state index is 0.0900. The van der Waals surface area contributed by atoms with Crippen molar-refractivity contribution in [1.82, 2.24) is 5.32 Å². The molecule has 1 aliphatic rings. The maximum atomic E-state index is 9.39. The number of methoxy groups -OCH3 is 2. The average Bonchev–Trinajstić information content (AvgIpc) is 2.63. The minimum Gasteiger partial charge on any atom is -0.393 e. The van der Waals surface area contributed by atoms with Gasteiger partial charge >= 0.3 is 0 Å². The van der Waals surface area contributed by atoms with E-state index in [2.05, 4.69) is 5.32 Å². The molecular formula is C11H23NO3. The Morgan fingerprint density at radius 3 is 2.47 bits per heavy atom. The Labute approximate surface area is 92.0 Å². The maximum absolute atomic E-state index is 9.39. The van der Waals surface area contributed by atoms with Gasteiger partial charge in [-0.2, -0.15) is 0 Å². The van der Waals surface area contributed by atoms with Gasteiger partial charge in [-0.1, -0.05) is 0 Å². The van der Waals surface area contributed by atoms with Crippen LogP contribution in [0.5, 0.6) is 0 Å². The lowest BCUT2D eigenvalue weighted by molar-refractivity contribution is -0.119. The molecule has 0 aromatic heterocycles. The molecule has 2 N–H and O–H groups in total. The van der Waals surface area contributed by atoms with E-state index in [1.807, 2.05) is 6.92 Å². The van der Waals surface area contributed by atoms with Crippen LogP contribution in [0.25, 0.3) is 0 Å². The monoisotopic (exact) mass is 217 g/mol. The Morgan fingerprint density at radius 2 is 2.00 bits per heavy atom. The summed E-state index contributed by atoms with van der Waals surface area (Å²) < 4.78 is 10.3. The van der Waals surface area contributed by atoms with Gasteiger partial charge in [0, 0.05) is 14.2 Å². The average molecular weight is 217 g/mol. The second-order valence-electron chi connectivity index (χ2n) is 4.37. The molecule has 1 aliphatic carbocycles. The number of aliphatic hydroxyl groups excluding tert-OH is 1. The van der Waals surface area contributed by atoms with E-state index < -0.39 is 0 Å². The fourth-order valence-electron chi connectivity index (χ4n) is 2.19. The third-order valence-electron chi connectivity index (χ3n) is 3.11. The van der Waals surface area contributed by atoms with Crippen LogP contribution in [0.4, 0.5) is 0 Å². The van der Waals surface area contributed by atoms with Gasteiger partial charge in [-0.3, -0.25) is 0 Å². The highest BCUT2D eigenvalue weighted by molar-refractivity contribution is 4.77. The summed E-state index contributed by atoms with van der Waals surface area (Å²) in [5.41, 5.74) is 0. The highest BCUT2D eigenvalue weighted by Gasteiger charge is 2.24. The summed E-state index contributed by atoms with van der Waals surface area (Å²) in [4.78, 5) is 0. The smallest absolute Gasteiger partial charge is 0.171 e. The van der Waals surface area contributed by atoms with Crippen molar-refractivity contribution in [3.05, 3.63) is 0 Å². The summed E-state index contributed by atoms with van der Waals surface area (Å²) in [6.07, 6.45) is 2.69. The molecule has 0 radical (unpaired) electrons. The third-order valence-corrected chi connectivity index (χ3v) is 3.11. The van der Waals surface area contributed by atoms with Crippen molar-refractivity contribution in [3.8, 4) is 0 Å². The molecule has 0 aromatic rings. The molecule has 1 saturated carbocycles. The second kappa shape index (κ2) is 6.43. The van der Waals surface area contributed by atoms with Gasteiger partial charge in [0.1, 0.15) is 0 Å². The Bertz CT molecular complexity index is 173. The molecule has 90 valence electrons. The summed E-state index contributed by atoms with van der Waals surface area (Å²) in [6.45, 7) is 2.98. The molecule has 1 rings (SSSR count). The Kier molecular flexibility index (Phi) is 5.53. The number of hydrogen-bond donors (Lipinski definition) is 2. The van der Waals surface area contributed by atoms with E-state index in [9.17, 15) is 5.11 Å². The first kappa shape index (κ1) is 12.9. The number of aliphatic hydroxyl groups is 1. The van der Waals surface area contributed by atoms with Crippen molar-refractivity contribution in [1.29, 1.82) is 0 Å². The van der Waals surface area contributed by atoms with Crippen molar-refractivity contribution in [2.24, 2.45) is 5.92 Å². The first-order valence-corrected chi connectivity index (χ1v) is 5.64. The molecule has 15 heavy (non-hydrogen) atoms. The van der Waals surface area contributed by atoms with Crippen LogP contribution in [0.1, 0.15) is 26.2 Å². The molecule has 1 fully saturated rings. The normalized spacial score (nSPS) is 28.6. The first-order valence-electron chi connectivity index (χ1n) is 5.64. The van der Waals surface area contributed by atoms with Crippen LogP contribution in [0, 0.1) is 5.92 Å². The predicted molar refractivity (Wildman–Crippen MR) is 58.6 cm³/mol. The summed E-state index contributed by atoms with van der Waals surface area (Å²) in [5, 5.41) is 12.8. The lowest BCUT2D eigenvalue weighted by Crippen LogP contribution is -2.41. The number of ether oxygens (including phenoxy) is 2. The van der Waals surface area contributed by atoms with Gasteiger partial charge in [0.25, 0.3) is 0 Å². The van der Waals surface area contributed by atoms with Crippen molar-refractivity contribution in [2.45, 2.75) is 44.6 Å². The highest BCUT2D eigenvalue weighted by Crippen LogP contribution is 2.24. The van der Waals surface area contributed by atoms with Gasteiger partial charge in [0.2, 0.25) is 0 Å². The molecular weight excluding hydrogens is 194 g/mol. The van der Waals surface area contributed by atoms with E-state index >= 15 is 0 Å². The summed E-state index contributed by atoms with van der Waals surface area (Å²) in [6, 6.07) is 0.178. The highest BCUT2D eigenvalue weighted by atomic mass is 16.7. The molecule has 0 aliphatic heterocycles. The van der Waals surface area contributed by atoms with Gasteiger partial charge in [-0.05, 0) is 38.6 Å². The van der Waals surface area contributed by atoms with Gasteiger partial charge in [-0.25, -0.2) is 0 Å². The molecule has 0 spiro atoms. The molecule has 0 bridgehead atoms. The maximum Gasteiger partial charge on any atom is 0.171 e. The van der Waals surface area contributed by atoms with Crippen molar-refractivity contribution < 1.29 is 14.6 Å². The lowest BCUT2D eigenvalue weighted by atomic mass is 10.1. The molecule has 0 aromatic carbocycles. The summed E-state index contributed by atoms with van der Waals surface area (Å²) >= 11 is 0. The molecule has 0 heterocycles. The number of rotatable bonds is 6. The van der Waals surface area contributed by atoms with Crippen LogP contribution in [0.3, 0.4) is 0 Å². The Balaban J connectivity index is 2.18. The lowest BCUT2D eigenvalue weighted by Gasteiger charge is -2.23. The zero-order valence-electron chi connectivity index (χ0n) is 9.90. The zero-order valence-corrected chi connectivity index (χ0v) is 9.90. The van der Waals surface area contributed by atoms with Crippen LogP contribution >= 0.6 is 0 Å². The van der Waals surface area contributed by atoms with E-state index in [0.29, 0.717) is 5.92 Å². The van der Waals surface area contributed by atoms with E-state index in [4.69, 9.17) is 9.47 Å². The van der Waals surface area contributed by atoms with Gasteiger partial charge in [0.15, 0.2) is 6.29 Å². The van der Waals surface area contributed by atoms with Crippen LogP contribution in [0.15, 0.2) is 0 Å². The van der Waals surface area contributed by atoms with E-state index in [1.165, 1.54) is 0 Å². The van der Waals surface area contributed by atoms with Gasteiger partial charge in [-0.15, -0.1) is 0 Å². The quantitative estimate of drug-likeness (QED) is 0.644. The van der Waals surface area contributed by atoms with Crippen LogP contribution < -0.4 is 5.32 Å². The summed E-state index contributed by atoms with van der Waals surface area (Å²) in [5.74, 6) is 0.594. The number of nitrogens with one attached hydrogen (secondary N) is 1. The van der Waals surface area contributed by atoms with Crippen LogP contribution in [-0.2, 0) is 9.47 Å². The van der Waals surface area contributed by atoms with Gasteiger partial charge in [0.05, 0.1) is 12.1 Å². The fourth-order valence-corrected chi connectivity index (χ4v) is 2.19. The summed E-state index contributed by atoms with van der Waals surface area (Å²) in [7, 11) is 3.29. The van der Waals surface area contributed by atoms with Crippen molar-refractivity contribution in [3.63, 3.8) is 0 Å². The van der Waals surface area contributed by atoms with Crippen molar-refractivity contribution >= 4 is 0 Å². The fraction of sp³-hybridized carbons (Fsp3) is 1.00. The SMILES string of the molecule is COC(OC)C(C)NCC1CCC(O)C1. The van der Waals surface area contributed by atoms with E-state index in [0.717, 1.165) is 25.8 Å². The zero-order chi connectivity index (χ0) is 11.3. The molecule has 3 atom stereocenters. The first-order chi connectivity index (χ1) is 7.17. The topological polar surface area (TPSA) is 50.7 Å². The second-order valence-corrected chi connectivity index (χ2v) is 4.37. The van der Waals surface area contributed by atoms with Crippen LogP contribution in [0.2, 0.25) is 0 Å². The molecule has 4 heteroatoms. The van der Waals surface area contributed by atoms with Crippen molar-refractivity contribution in [2.75, 3.05) is 20.8 Å². The van der Waals surface area contributed by atoms with Crippen LogP contribution in [-0.4, -0.2) is 44.3 Å². The third kappa shape index (κ3) is 4.07. The largest absolute Gasteiger partial charge is 0.393 e. The Morgan fingerprint density at radius 1 is 1.33 bits per heavy atom. The molecule has 3 unspecified atom stereocenters. The number of hydrogen-bond acceptors (Lipinski definition) is 4. The minimum atomic E-state index is -0.198. The van der Waals surface area contributed by atoms with E-state index in [1.54, 1.807) is 14.2 Å². The molecule has 0 amide bonds. The Hall–Kier alpha value is -0.160. The van der Waals surface area contributed by atoms with E-state index in [-0.39, 0.29) is 18.4 Å². The molecule has 0 saturated heterocycles. The standard InChI is InChI=1S/C11H23NO3/c1-8(11(14-2)15-3)12-7-9-4-5-10(13)6-9/h8-13H,4-7H2,1-3H3. The predicted octanol–water partition coefficient (Wildman–Crippen LogP) is 0.744.